The topological polar surface area (TPSA) is 67.2 Å². The first-order valence-corrected chi connectivity index (χ1v) is 6.75. The van der Waals surface area contributed by atoms with Gasteiger partial charge in [-0.2, -0.15) is 13.2 Å². The largest absolute Gasteiger partial charge is 0.418 e. The molecule has 21 heavy (non-hydrogen) atoms. The average molecular weight is 301 g/mol. The minimum absolute atomic E-state index is 0.0190. The molecule has 0 radical (unpaired) electrons. The number of anilines is 1. The van der Waals surface area contributed by atoms with E-state index in [4.69, 9.17) is 5.84 Å². The van der Waals surface area contributed by atoms with E-state index in [0.717, 1.165) is 37.8 Å². The summed E-state index contributed by atoms with van der Waals surface area (Å²) in [6.45, 7) is 1.92. The van der Waals surface area contributed by atoms with Crippen molar-refractivity contribution in [1.82, 2.24) is 5.32 Å². The lowest BCUT2D eigenvalue weighted by Crippen LogP contribution is -2.43. The molecule has 1 aromatic carbocycles. The van der Waals surface area contributed by atoms with Crippen LogP contribution in [0.15, 0.2) is 18.2 Å². The van der Waals surface area contributed by atoms with Crippen LogP contribution in [0.3, 0.4) is 0 Å². The SMILES string of the molecule is CC1(NC(=O)c2ccc(NN)c(C(F)(F)F)c2)CCCC1. The predicted molar refractivity (Wildman–Crippen MR) is 73.6 cm³/mol. The molecule has 2 rings (SSSR count). The molecule has 1 amide bonds. The van der Waals surface area contributed by atoms with Crippen molar-refractivity contribution in [3.63, 3.8) is 0 Å². The van der Waals surface area contributed by atoms with Crippen molar-refractivity contribution in [2.45, 2.75) is 44.3 Å². The summed E-state index contributed by atoms with van der Waals surface area (Å²) in [6, 6.07) is 3.32. The van der Waals surface area contributed by atoms with Crippen LogP contribution in [0.25, 0.3) is 0 Å². The van der Waals surface area contributed by atoms with Crippen molar-refractivity contribution >= 4 is 11.6 Å². The van der Waals surface area contributed by atoms with Crippen LogP contribution in [-0.2, 0) is 6.18 Å². The normalized spacial score (nSPS) is 17.6. The minimum Gasteiger partial charge on any atom is -0.347 e. The van der Waals surface area contributed by atoms with E-state index in [1.807, 2.05) is 12.3 Å². The molecule has 1 fully saturated rings. The Balaban J connectivity index is 2.26. The smallest absolute Gasteiger partial charge is 0.347 e. The highest BCUT2D eigenvalue weighted by Crippen LogP contribution is 2.35. The summed E-state index contributed by atoms with van der Waals surface area (Å²) in [4.78, 5) is 12.2. The third kappa shape index (κ3) is 3.47. The zero-order chi connectivity index (χ0) is 15.7. The lowest BCUT2D eigenvalue weighted by atomic mass is 9.99. The fourth-order valence-electron chi connectivity index (χ4n) is 2.67. The van der Waals surface area contributed by atoms with Crippen LogP contribution in [0.5, 0.6) is 0 Å². The maximum atomic E-state index is 12.9. The molecular formula is C14H18F3N3O. The molecule has 1 aromatic rings. The predicted octanol–water partition coefficient (Wildman–Crippen LogP) is 3.05. The highest BCUT2D eigenvalue weighted by atomic mass is 19.4. The Kier molecular flexibility index (Phi) is 4.13. The van der Waals surface area contributed by atoms with Gasteiger partial charge in [-0.3, -0.25) is 10.6 Å². The van der Waals surface area contributed by atoms with Gasteiger partial charge in [-0.1, -0.05) is 12.8 Å². The van der Waals surface area contributed by atoms with E-state index in [9.17, 15) is 18.0 Å². The maximum absolute atomic E-state index is 12.9. The molecule has 1 aliphatic rings. The zero-order valence-electron chi connectivity index (χ0n) is 11.7. The number of nitrogens with one attached hydrogen (secondary N) is 2. The number of carbonyl (C=O) groups excluding carboxylic acids is 1. The molecule has 116 valence electrons. The van der Waals surface area contributed by atoms with Gasteiger partial charge in [0.1, 0.15) is 0 Å². The lowest BCUT2D eigenvalue weighted by Gasteiger charge is -2.25. The average Bonchev–Trinajstić information content (AvgIpc) is 2.83. The molecule has 4 N–H and O–H groups in total. The second-order valence-electron chi connectivity index (χ2n) is 5.62. The number of rotatable bonds is 3. The second kappa shape index (κ2) is 5.55. The number of hydrazine groups is 1. The van der Waals surface area contributed by atoms with Crippen LogP contribution in [0.2, 0.25) is 0 Å². The van der Waals surface area contributed by atoms with Crippen molar-refractivity contribution in [2.75, 3.05) is 5.43 Å². The summed E-state index contributed by atoms with van der Waals surface area (Å²) in [5.74, 6) is 4.58. The zero-order valence-corrected chi connectivity index (χ0v) is 11.7. The molecule has 0 bridgehead atoms. The van der Waals surface area contributed by atoms with Crippen LogP contribution in [0.4, 0.5) is 18.9 Å². The van der Waals surface area contributed by atoms with Gasteiger partial charge < -0.3 is 10.7 Å². The Bertz CT molecular complexity index is 537. The molecule has 4 nitrogen and oxygen atoms in total. The van der Waals surface area contributed by atoms with Gasteiger partial charge >= 0.3 is 6.18 Å². The quantitative estimate of drug-likeness (QED) is 0.594. The summed E-state index contributed by atoms with van der Waals surface area (Å²) in [7, 11) is 0. The van der Waals surface area contributed by atoms with E-state index in [1.54, 1.807) is 0 Å². The van der Waals surface area contributed by atoms with Gasteiger partial charge in [0.2, 0.25) is 0 Å². The summed E-state index contributed by atoms with van der Waals surface area (Å²) in [5.41, 5.74) is 0.437. The molecule has 0 saturated heterocycles. The van der Waals surface area contributed by atoms with E-state index in [-0.39, 0.29) is 16.8 Å². The van der Waals surface area contributed by atoms with Gasteiger partial charge in [0, 0.05) is 11.1 Å². The van der Waals surface area contributed by atoms with Gasteiger partial charge in [-0.15, -0.1) is 0 Å². The first-order valence-electron chi connectivity index (χ1n) is 6.75. The Morgan fingerprint density at radius 3 is 2.43 bits per heavy atom. The summed E-state index contributed by atoms with van der Waals surface area (Å²) < 4.78 is 38.8. The van der Waals surface area contributed by atoms with E-state index in [1.165, 1.54) is 6.07 Å². The Morgan fingerprint density at radius 2 is 1.90 bits per heavy atom. The third-order valence-electron chi connectivity index (χ3n) is 3.87. The molecule has 0 heterocycles. The number of alkyl halides is 3. The highest BCUT2D eigenvalue weighted by Gasteiger charge is 2.35. The van der Waals surface area contributed by atoms with E-state index < -0.39 is 17.6 Å². The summed E-state index contributed by atoms with van der Waals surface area (Å²) in [6.07, 6.45) is -0.864. The van der Waals surface area contributed by atoms with Crippen LogP contribution < -0.4 is 16.6 Å². The number of hydrogen-bond acceptors (Lipinski definition) is 3. The molecular weight excluding hydrogens is 283 g/mol. The number of nitrogen functional groups attached to an aromatic ring is 1. The van der Waals surface area contributed by atoms with Gasteiger partial charge in [-0.25, -0.2) is 0 Å². The maximum Gasteiger partial charge on any atom is 0.418 e. The van der Waals surface area contributed by atoms with Gasteiger partial charge in [-0.05, 0) is 38.0 Å². The number of hydrogen-bond donors (Lipinski definition) is 3. The Hall–Kier alpha value is -1.76. The summed E-state index contributed by atoms with van der Waals surface area (Å²) >= 11 is 0. The van der Waals surface area contributed by atoms with Gasteiger partial charge in [0.15, 0.2) is 0 Å². The first-order chi connectivity index (χ1) is 9.75. The number of benzene rings is 1. The van der Waals surface area contributed by atoms with E-state index in [0.29, 0.717) is 0 Å². The van der Waals surface area contributed by atoms with Crippen molar-refractivity contribution in [1.29, 1.82) is 0 Å². The number of carbonyl (C=O) groups is 1. The molecule has 0 spiro atoms. The van der Waals surface area contributed by atoms with Crippen LogP contribution in [-0.4, -0.2) is 11.4 Å². The fourth-order valence-corrected chi connectivity index (χ4v) is 2.67. The minimum atomic E-state index is -4.57. The van der Waals surface area contributed by atoms with Crippen LogP contribution in [0, 0.1) is 0 Å². The standard InChI is InChI=1S/C14H18F3N3O/c1-13(6-2-3-7-13)19-12(21)9-4-5-11(20-18)10(8-9)14(15,16)17/h4-5,8,20H,2-3,6-7,18H2,1H3,(H,19,21). The summed E-state index contributed by atoms with van der Waals surface area (Å²) in [5, 5.41) is 2.83. The molecule has 0 atom stereocenters. The van der Waals surface area contributed by atoms with Gasteiger partial charge in [0.25, 0.3) is 5.91 Å². The lowest BCUT2D eigenvalue weighted by molar-refractivity contribution is -0.137. The number of amides is 1. The van der Waals surface area contributed by atoms with Crippen molar-refractivity contribution in [3.8, 4) is 0 Å². The van der Waals surface area contributed by atoms with Crippen LogP contribution in [0.1, 0.15) is 48.5 Å². The Morgan fingerprint density at radius 1 is 1.29 bits per heavy atom. The second-order valence-corrected chi connectivity index (χ2v) is 5.62. The number of nitrogens with two attached hydrogens (primary N) is 1. The third-order valence-corrected chi connectivity index (χ3v) is 3.87. The fraction of sp³-hybridized carbons (Fsp3) is 0.500. The molecule has 7 heteroatoms. The Labute approximate surface area is 120 Å². The number of halogens is 3. The van der Waals surface area contributed by atoms with Crippen molar-refractivity contribution in [2.24, 2.45) is 5.84 Å². The monoisotopic (exact) mass is 301 g/mol. The first kappa shape index (κ1) is 15.6. The highest BCUT2D eigenvalue weighted by molar-refractivity contribution is 5.95. The molecule has 0 aromatic heterocycles. The van der Waals surface area contributed by atoms with Crippen molar-refractivity contribution in [3.05, 3.63) is 29.3 Å². The van der Waals surface area contributed by atoms with E-state index in [2.05, 4.69) is 5.32 Å². The van der Waals surface area contributed by atoms with E-state index >= 15 is 0 Å². The molecule has 0 unspecified atom stereocenters. The molecule has 0 aliphatic heterocycles. The van der Waals surface area contributed by atoms with Crippen molar-refractivity contribution < 1.29 is 18.0 Å². The van der Waals surface area contributed by atoms with Gasteiger partial charge in [0.05, 0.1) is 11.3 Å². The van der Waals surface area contributed by atoms with Crippen LogP contribution >= 0.6 is 0 Å². The molecule has 1 aliphatic carbocycles. The molecule has 1 saturated carbocycles.